The molecule has 0 aliphatic rings. The third kappa shape index (κ3) is 3.09. The van der Waals surface area contributed by atoms with Crippen molar-refractivity contribution in [1.29, 1.82) is 0 Å². The van der Waals surface area contributed by atoms with Gasteiger partial charge in [0.05, 0.1) is 5.02 Å². The third-order valence-corrected chi connectivity index (χ3v) is 6.45. The van der Waals surface area contributed by atoms with Crippen molar-refractivity contribution in [3.8, 4) is 0 Å². The van der Waals surface area contributed by atoms with E-state index in [0.717, 1.165) is 26.2 Å². The molecule has 0 saturated heterocycles. The number of carbonyl (C=O) groups is 1. The number of esters is 1. The fourth-order valence-electron chi connectivity index (χ4n) is 3.49. The summed E-state index contributed by atoms with van der Waals surface area (Å²) in [5.74, 6) is -0.516. The van der Waals surface area contributed by atoms with Crippen LogP contribution in [0.2, 0.25) is 5.02 Å². The van der Waals surface area contributed by atoms with Crippen molar-refractivity contribution in [3.63, 3.8) is 0 Å². The van der Waals surface area contributed by atoms with Crippen molar-refractivity contribution in [3.05, 3.63) is 92.6 Å². The highest BCUT2D eigenvalue weighted by atomic mass is 35.5. The predicted molar refractivity (Wildman–Crippen MR) is 116 cm³/mol. The van der Waals surface area contributed by atoms with Gasteiger partial charge in [0, 0.05) is 27.1 Å². The zero-order valence-electron chi connectivity index (χ0n) is 15.0. The maximum Gasteiger partial charge on any atom is 0.350 e. The monoisotopic (exact) mass is 420 g/mol. The molecule has 0 unspecified atom stereocenters. The summed E-state index contributed by atoms with van der Waals surface area (Å²) in [5, 5.41) is 3.91. The van der Waals surface area contributed by atoms with Gasteiger partial charge >= 0.3 is 11.6 Å². The summed E-state index contributed by atoms with van der Waals surface area (Å²) >= 11 is 7.67. The Labute approximate surface area is 173 Å². The number of ether oxygens (including phenoxy) is 1. The number of halogens is 1. The van der Waals surface area contributed by atoms with Crippen LogP contribution in [0.5, 0.6) is 0 Å². The van der Waals surface area contributed by atoms with Gasteiger partial charge in [-0.15, -0.1) is 11.3 Å². The Balaban J connectivity index is 1.55. The number of carbonyl (C=O) groups excluding carboxylic acids is 1. The Morgan fingerprint density at radius 1 is 1.00 bits per heavy atom. The summed E-state index contributed by atoms with van der Waals surface area (Å²) in [7, 11) is 0. The molecular weight excluding hydrogens is 408 g/mol. The van der Waals surface area contributed by atoms with Gasteiger partial charge in [-0.3, -0.25) is 0 Å². The molecule has 0 N–H and O–H groups in total. The molecule has 5 aromatic rings. The average Bonchev–Trinajstić information content (AvgIpc) is 3.08. The van der Waals surface area contributed by atoms with Crippen LogP contribution in [0.25, 0.3) is 31.8 Å². The number of benzene rings is 3. The highest BCUT2D eigenvalue weighted by Gasteiger charge is 2.19. The van der Waals surface area contributed by atoms with E-state index in [1.54, 1.807) is 6.07 Å². The van der Waals surface area contributed by atoms with E-state index < -0.39 is 11.6 Å². The summed E-state index contributed by atoms with van der Waals surface area (Å²) in [4.78, 5) is 25.0. The Morgan fingerprint density at radius 2 is 1.76 bits per heavy atom. The highest BCUT2D eigenvalue weighted by molar-refractivity contribution is 7.21. The largest absolute Gasteiger partial charge is 0.457 e. The third-order valence-electron chi connectivity index (χ3n) is 4.79. The van der Waals surface area contributed by atoms with E-state index in [-0.39, 0.29) is 6.61 Å². The second kappa shape index (κ2) is 7.03. The lowest BCUT2D eigenvalue weighted by atomic mass is 10.0. The SMILES string of the molecule is O=C(OCc1cc(=O)oc2ccc3ccccc3c12)c1sc2ccccc2c1Cl. The van der Waals surface area contributed by atoms with Crippen LogP contribution in [-0.2, 0) is 11.3 Å². The van der Waals surface area contributed by atoms with Crippen molar-refractivity contribution in [2.24, 2.45) is 0 Å². The summed E-state index contributed by atoms with van der Waals surface area (Å²) in [5.41, 5.74) is 0.569. The molecular formula is C23H13ClO4S. The molecule has 0 bridgehead atoms. The van der Waals surface area contributed by atoms with Crippen LogP contribution in [0, 0.1) is 0 Å². The lowest BCUT2D eigenvalue weighted by molar-refractivity contribution is 0.0480. The highest BCUT2D eigenvalue weighted by Crippen LogP contribution is 2.36. The van der Waals surface area contributed by atoms with E-state index in [0.29, 0.717) is 21.0 Å². The zero-order chi connectivity index (χ0) is 20.0. The number of hydrogen-bond donors (Lipinski definition) is 0. The average molecular weight is 421 g/mol. The van der Waals surface area contributed by atoms with E-state index in [1.807, 2.05) is 54.6 Å². The molecule has 0 spiro atoms. The summed E-state index contributed by atoms with van der Waals surface area (Å²) < 4.78 is 11.8. The molecule has 0 saturated carbocycles. The van der Waals surface area contributed by atoms with E-state index in [2.05, 4.69) is 0 Å². The van der Waals surface area contributed by atoms with Crippen LogP contribution in [0.3, 0.4) is 0 Å². The van der Waals surface area contributed by atoms with Crippen LogP contribution in [0.1, 0.15) is 15.2 Å². The van der Waals surface area contributed by atoms with Gasteiger partial charge in [0.1, 0.15) is 17.1 Å². The molecule has 29 heavy (non-hydrogen) atoms. The Morgan fingerprint density at radius 3 is 2.59 bits per heavy atom. The molecule has 4 nitrogen and oxygen atoms in total. The molecule has 6 heteroatoms. The summed E-state index contributed by atoms with van der Waals surface area (Å²) in [6.45, 7) is -0.0560. The first-order valence-corrected chi connectivity index (χ1v) is 10.1. The number of rotatable bonds is 3. The number of fused-ring (bicyclic) bond motifs is 4. The Hall–Kier alpha value is -3.15. The summed E-state index contributed by atoms with van der Waals surface area (Å²) in [6.07, 6.45) is 0. The van der Waals surface area contributed by atoms with Crippen LogP contribution in [0.4, 0.5) is 0 Å². The van der Waals surface area contributed by atoms with E-state index in [9.17, 15) is 9.59 Å². The number of hydrogen-bond acceptors (Lipinski definition) is 5. The normalized spacial score (nSPS) is 11.3. The van der Waals surface area contributed by atoms with E-state index in [1.165, 1.54) is 17.4 Å². The van der Waals surface area contributed by atoms with Crippen molar-refractivity contribution in [2.75, 3.05) is 0 Å². The fourth-order valence-corrected chi connectivity index (χ4v) is 4.89. The predicted octanol–water partition coefficient (Wildman–Crippen LogP) is 6.17. The van der Waals surface area contributed by atoms with Gasteiger partial charge in [-0.25, -0.2) is 9.59 Å². The maximum atomic E-state index is 12.7. The molecule has 2 aromatic heterocycles. The molecule has 2 heterocycles. The molecule has 0 radical (unpaired) electrons. The van der Waals surface area contributed by atoms with Crippen LogP contribution >= 0.6 is 22.9 Å². The van der Waals surface area contributed by atoms with Gasteiger partial charge in [-0.1, -0.05) is 60.1 Å². The van der Waals surface area contributed by atoms with Crippen LogP contribution in [0.15, 0.2) is 75.9 Å². The smallest absolute Gasteiger partial charge is 0.350 e. The standard InChI is InChI=1S/C23H13ClO4S/c24-21-16-7-3-4-8-18(16)29-22(21)23(26)27-12-14-11-19(25)28-17-10-9-13-5-1-2-6-15(13)20(14)17/h1-11H,12H2. The quantitative estimate of drug-likeness (QED) is 0.199. The van der Waals surface area contributed by atoms with Gasteiger partial charge in [0.2, 0.25) is 0 Å². The van der Waals surface area contributed by atoms with Crippen molar-refractivity contribution in [1.82, 2.24) is 0 Å². The first-order chi connectivity index (χ1) is 14.1. The topological polar surface area (TPSA) is 56.5 Å². The molecule has 3 aromatic carbocycles. The van der Waals surface area contributed by atoms with Crippen molar-refractivity contribution in [2.45, 2.75) is 6.61 Å². The fraction of sp³-hybridized carbons (Fsp3) is 0.0435. The van der Waals surface area contributed by atoms with Gasteiger partial charge in [-0.2, -0.15) is 0 Å². The van der Waals surface area contributed by atoms with Crippen LogP contribution in [-0.4, -0.2) is 5.97 Å². The molecule has 5 rings (SSSR count). The Kier molecular flexibility index (Phi) is 4.34. The number of thiophene rings is 1. The zero-order valence-corrected chi connectivity index (χ0v) is 16.5. The first-order valence-electron chi connectivity index (χ1n) is 8.90. The second-order valence-corrected chi connectivity index (χ2v) is 8.00. The lowest BCUT2D eigenvalue weighted by Crippen LogP contribution is -2.07. The minimum Gasteiger partial charge on any atom is -0.457 e. The minimum atomic E-state index is -0.516. The molecule has 0 aliphatic carbocycles. The molecule has 0 atom stereocenters. The van der Waals surface area contributed by atoms with E-state index in [4.69, 9.17) is 20.8 Å². The second-order valence-electron chi connectivity index (χ2n) is 6.57. The summed E-state index contributed by atoms with van der Waals surface area (Å²) in [6, 6.07) is 20.3. The molecule has 0 aliphatic heterocycles. The van der Waals surface area contributed by atoms with Crippen molar-refractivity contribution < 1.29 is 13.9 Å². The van der Waals surface area contributed by atoms with Gasteiger partial charge in [0.15, 0.2) is 0 Å². The van der Waals surface area contributed by atoms with Gasteiger partial charge in [0.25, 0.3) is 0 Å². The molecule has 0 amide bonds. The minimum absolute atomic E-state index is 0.0560. The maximum absolute atomic E-state index is 12.7. The van der Waals surface area contributed by atoms with E-state index >= 15 is 0 Å². The van der Waals surface area contributed by atoms with Crippen molar-refractivity contribution >= 4 is 60.7 Å². The Bertz CT molecular complexity index is 1460. The molecule has 0 fully saturated rings. The van der Waals surface area contributed by atoms with Crippen LogP contribution < -0.4 is 5.63 Å². The molecule has 142 valence electrons. The first kappa shape index (κ1) is 17.9. The lowest BCUT2D eigenvalue weighted by Gasteiger charge is -2.09. The van der Waals surface area contributed by atoms with Gasteiger partial charge in [-0.05, 0) is 22.9 Å². The van der Waals surface area contributed by atoms with Gasteiger partial charge < -0.3 is 9.15 Å².